The predicted molar refractivity (Wildman–Crippen MR) is 220 cm³/mol. The smallest absolute Gasteiger partial charge is 0.0975 e. The van der Waals surface area contributed by atoms with Crippen LogP contribution in [0.5, 0.6) is 0 Å². The molecule has 0 amide bonds. The third-order valence-electron chi connectivity index (χ3n) is 10.5. The highest BCUT2D eigenvalue weighted by molar-refractivity contribution is 5.14. The van der Waals surface area contributed by atoms with E-state index in [-0.39, 0.29) is 12.2 Å². The molecule has 1 saturated heterocycles. The molecule has 1 aliphatic rings. The Labute approximate surface area is 312 Å². The van der Waals surface area contributed by atoms with Crippen molar-refractivity contribution in [2.24, 2.45) is 0 Å². The summed E-state index contributed by atoms with van der Waals surface area (Å²) >= 11 is 0. The molecule has 0 bridgehead atoms. The fraction of sp³-hybridized carbons (Fsp3) is 0.787. The molecule has 0 spiro atoms. The Morgan fingerprint density at radius 3 is 1.18 bits per heavy atom. The van der Waals surface area contributed by atoms with E-state index in [1.807, 2.05) is 0 Å². The first-order valence-corrected chi connectivity index (χ1v) is 22.1. The van der Waals surface area contributed by atoms with E-state index in [1.165, 1.54) is 185 Å². The number of hydrogen-bond donors (Lipinski definition) is 0. The fourth-order valence-electron chi connectivity index (χ4n) is 7.28. The van der Waals surface area contributed by atoms with Crippen molar-refractivity contribution in [1.29, 1.82) is 0 Å². The van der Waals surface area contributed by atoms with E-state index in [0.29, 0.717) is 0 Å². The zero-order valence-corrected chi connectivity index (χ0v) is 33.4. The van der Waals surface area contributed by atoms with Gasteiger partial charge in [-0.3, -0.25) is 4.90 Å². The van der Waals surface area contributed by atoms with Gasteiger partial charge in [-0.2, -0.15) is 0 Å². The molecular formula is C47H83NO2. The molecule has 2 rings (SSSR count). The Morgan fingerprint density at radius 1 is 0.460 bits per heavy atom. The molecule has 1 aromatic rings. The summed E-state index contributed by atoms with van der Waals surface area (Å²) in [5, 5.41) is 0. The number of likely N-dealkylation sites (tertiary alicyclic amines) is 1. The van der Waals surface area contributed by atoms with E-state index >= 15 is 0 Å². The van der Waals surface area contributed by atoms with Gasteiger partial charge >= 0.3 is 0 Å². The van der Waals surface area contributed by atoms with Crippen LogP contribution in [0.25, 0.3) is 0 Å². The predicted octanol–water partition coefficient (Wildman–Crippen LogP) is 14.3. The summed E-state index contributed by atoms with van der Waals surface area (Å²) in [6.45, 7) is 9.29. The number of unbranched alkanes of at least 4 members (excludes halogenated alkanes) is 24. The van der Waals surface area contributed by atoms with Gasteiger partial charge in [0.2, 0.25) is 0 Å². The summed E-state index contributed by atoms with van der Waals surface area (Å²) in [5.74, 6) is 0. The van der Waals surface area contributed by atoms with E-state index in [9.17, 15) is 0 Å². The molecule has 0 aromatic heterocycles. The molecule has 3 nitrogen and oxygen atoms in total. The van der Waals surface area contributed by atoms with Crippen molar-refractivity contribution < 1.29 is 9.47 Å². The van der Waals surface area contributed by atoms with Gasteiger partial charge in [0.25, 0.3) is 0 Å². The summed E-state index contributed by atoms with van der Waals surface area (Å²) in [6.07, 6.45) is 47.7. The average molecular weight is 694 g/mol. The van der Waals surface area contributed by atoms with Crippen LogP contribution in [0.1, 0.15) is 199 Å². The highest BCUT2D eigenvalue weighted by Crippen LogP contribution is 2.21. The number of nitrogens with zero attached hydrogens (tertiary/aromatic N) is 1. The SMILES string of the molecule is CCCCCCCC/C=C\CCCCCCCCOC1CN(Cc2ccccc2)CC1OCCCCCCCC/C=C\CCCCCCCC. The van der Waals surface area contributed by atoms with Gasteiger partial charge in [0.15, 0.2) is 0 Å². The van der Waals surface area contributed by atoms with Gasteiger partial charge in [0.05, 0.1) is 12.2 Å². The number of hydrogen-bond acceptors (Lipinski definition) is 3. The topological polar surface area (TPSA) is 21.7 Å². The quantitative estimate of drug-likeness (QED) is 0.0516. The number of allylic oxidation sites excluding steroid dienone is 4. The summed E-state index contributed by atoms with van der Waals surface area (Å²) in [4.78, 5) is 2.54. The first-order chi connectivity index (χ1) is 24.8. The molecule has 288 valence electrons. The molecule has 0 N–H and O–H groups in total. The molecule has 1 heterocycles. The lowest BCUT2D eigenvalue weighted by molar-refractivity contribution is -0.0481. The first-order valence-electron chi connectivity index (χ1n) is 22.1. The van der Waals surface area contributed by atoms with Gasteiger partial charge in [-0.1, -0.05) is 184 Å². The maximum Gasteiger partial charge on any atom is 0.0975 e. The molecule has 0 saturated carbocycles. The lowest BCUT2D eigenvalue weighted by Gasteiger charge is -2.20. The molecule has 2 unspecified atom stereocenters. The molecule has 0 aliphatic carbocycles. The van der Waals surface area contributed by atoms with Crippen LogP contribution < -0.4 is 0 Å². The summed E-state index contributed by atoms with van der Waals surface area (Å²) in [6, 6.07) is 10.9. The van der Waals surface area contributed by atoms with E-state index in [1.54, 1.807) is 0 Å². The third kappa shape index (κ3) is 26.4. The summed E-state index contributed by atoms with van der Waals surface area (Å²) < 4.78 is 13.0. The van der Waals surface area contributed by atoms with Crippen molar-refractivity contribution in [2.45, 2.75) is 212 Å². The Kier molecular flexibility index (Phi) is 31.0. The van der Waals surface area contributed by atoms with Crippen molar-refractivity contribution in [3.8, 4) is 0 Å². The monoisotopic (exact) mass is 694 g/mol. The van der Waals surface area contributed by atoms with Crippen LogP contribution in [0.15, 0.2) is 54.6 Å². The van der Waals surface area contributed by atoms with Crippen LogP contribution in [0.4, 0.5) is 0 Å². The average Bonchev–Trinajstić information content (AvgIpc) is 3.51. The van der Waals surface area contributed by atoms with Gasteiger partial charge in [0.1, 0.15) is 0 Å². The second-order valence-electron chi connectivity index (χ2n) is 15.4. The third-order valence-corrected chi connectivity index (χ3v) is 10.5. The van der Waals surface area contributed by atoms with Crippen molar-refractivity contribution in [2.75, 3.05) is 26.3 Å². The van der Waals surface area contributed by atoms with Crippen LogP contribution >= 0.6 is 0 Å². The van der Waals surface area contributed by atoms with Gasteiger partial charge in [0, 0.05) is 32.8 Å². The molecule has 2 atom stereocenters. The fourth-order valence-corrected chi connectivity index (χ4v) is 7.28. The molecule has 0 radical (unpaired) electrons. The standard InChI is InChI=1S/C47H83NO2/c1-3-5-7-9-11-13-15-17-19-21-23-25-27-29-31-36-40-49-46-43-48(42-45-38-34-33-35-39-45)44-47(46)50-41-37-32-30-28-26-24-22-20-18-16-14-12-10-8-6-4-2/h17-20,33-35,38-39,46-47H,3-16,21-32,36-37,40-44H2,1-2H3/b19-17-,20-18-. The normalized spacial score (nSPS) is 16.8. The second kappa shape index (κ2) is 34.7. The van der Waals surface area contributed by atoms with Crippen LogP contribution in [0, 0.1) is 0 Å². The van der Waals surface area contributed by atoms with Crippen LogP contribution in [0.2, 0.25) is 0 Å². The molecular weight excluding hydrogens is 611 g/mol. The minimum atomic E-state index is 0.205. The van der Waals surface area contributed by atoms with Gasteiger partial charge in [-0.05, 0) is 69.8 Å². The van der Waals surface area contributed by atoms with E-state index in [4.69, 9.17) is 9.47 Å². The number of rotatable bonds is 36. The summed E-state index contributed by atoms with van der Waals surface area (Å²) in [7, 11) is 0. The lowest BCUT2D eigenvalue weighted by Crippen LogP contribution is -2.30. The molecule has 1 fully saturated rings. The zero-order valence-electron chi connectivity index (χ0n) is 33.4. The van der Waals surface area contributed by atoms with E-state index in [2.05, 4.69) is 73.4 Å². The maximum atomic E-state index is 6.50. The van der Waals surface area contributed by atoms with Crippen LogP contribution in [-0.2, 0) is 16.0 Å². The number of benzene rings is 1. The van der Waals surface area contributed by atoms with Gasteiger partial charge in [-0.25, -0.2) is 0 Å². The lowest BCUT2D eigenvalue weighted by atomic mass is 10.1. The highest BCUT2D eigenvalue weighted by Gasteiger charge is 2.34. The Balaban J connectivity index is 1.49. The highest BCUT2D eigenvalue weighted by atomic mass is 16.5. The second-order valence-corrected chi connectivity index (χ2v) is 15.4. The Bertz CT molecular complexity index is 830. The van der Waals surface area contributed by atoms with Crippen molar-refractivity contribution in [1.82, 2.24) is 4.90 Å². The maximum absolute atomic E-state index is 6.50. The Morgan fingerprint density at radius 2 is 0.800 bits per heavy atom. The Hall–Kier alpha value is -1.42. The van der Waals surface area contributed by atoms with Crippen LogP contribution in [-0.4, -0.2) is 43.4 Å². The van der Waals surface area contributed by atoms with E-state index in [0.717, 1.165) is 32.8 Å². The molecule has 1 aromatic carbocycles. The van der Waals surface area contributed by atoms with Gasteiger partial charge < -0.3 is 9.47 Å². The summed E-state index contributed by atoms with van der Waals surface area (Å²) in [5.41, 5.74) is 1.38. The first kappa shape index (κ1) is 44.7. The minimum Gasteiger partial charge on any atom is -0.374 e. The number of ether oxygens (including phenoxy) is 2. The molecule has 1 aliphatic heterocycles. The van der Waals surface area contributed by atoms with Gasteiger partial charge in [-0.15, -0.1) is 0 Å². The molecule has 50 heavy (non-hydrogen) atoms. The van der Waals surface area contributed by atoms with E-state index < -0.39 is 0 Å². The van der Waals surface area contributed by atoms with Crippen molar-refractivity contribution in [3.63, 3.8) is 0 Å². The molecule has 3 heteroatoms. The minimum absolute atomic E-state index is 0.205. The zero-order chi connectivity index (χ0) is 35.4. The largest absolute Gasteiger partial charge is 0.374 e. The van der Waals surface area contributed by atoms with Crippen molar-refractivity contribution >= 4 is 0 Å². The van der Waals surface area contributed by atoms with Crippen molar-refractivity contribution in [3.05, 3.63) is 60.2 Å². The van der Waals surface area contributed by atoms with Crippen LogP contribution in [0.3, 0.4) is 0 Å².